The van der Waals surface area contributed by atoms with E-state index in [0.717, 1.165) is 0 Å². The Morgan fingerprint density at radius 3 is 2.45 bits per heavy atom. The molecule has 0 unspecified atom stereocenters. The highest BCUT2D eigenvalue weighted by atomic mass is 17.0. The van der Waals surface area contributed by atoms with Crippen molar-refractivity contribution in [3.05, 3.63) is 20.8 Å². The molecule has 1 heterocycles. The van der Waals surface area contributed by atoms with Crippen molar-refractivity contribution in [2.24, 2.45) is 0 Å². The summed E-state index contributed by atoms with van der Waals surface area (Å²) < 4.78 is 8.16. The van der Waals surface area contributed by atoms with Crippen LogP contribution in [0.1, 0.15) is 0 Å². The first kappa shape index (κ1) is 7.21. The first-order chi connectivity index (χ1) is 5.24. The second-order valence-electron chi connectivity index (χ2n) is 1.46. The van der Waals surface area contributed by atoms with E-state index in [1.54, 1.807) is 0 Å². The molecule has 0 spiro atoms. The van der Waals surface area contributed by atoms with Crippen molar-refractivity contribution in [3.63, 3.8) is 0 Å². The number of nitrogens with zero attached hydrogens (tertiary/aromatic N) is 1. The molecule has 0 saturated carbocycles. The van der Waals surface area contributed by atoms with E-state index in [9.17, 15) is 9.59 Å². The van der Waals surface area contributed by atoms with Gasteiger partial charge in [0, 0.05) is 0 Å². The monoisotopic (exact) mass is 157 g/mol. The van der Waals surface area contributed by atoms with Crippen molar-refractivity contribution in [1.29, 1.82) is 0 Å². The third-order valence-electron chi connectivity index (χ3n) is 0.735. The van der Waals surface area contributed by atoms with E-state index in [4.69, 9.17) is 6.42 Å². The van der Waals surface area contributed by atoms with Crippen molar-refractivity contribution in [3.8, 4) is 12.3 Å². The van der Waals surface area contributed by atoms with E-state index in [2.05, 4.69) is 19.8 Å². The van der Waals surface area contributed by atoms with E-state index in [0.29, 0.717) is 0 Å². The van der Waals surface area contributed by atoms with Crippen molar-refractivity contribution in [2.75, 3.05) is 6.61 Å². The molecule has 6 heteroatoms. The highest BCUT2D eigenvalue weighted by molar-refractivity contribution is 4.82. The van der Waals surface area contributed by atoms with Crippen LogP contribution in [-0.2, 0) is 0 Å². The van der Waals surface area contributed by atoms with Crippen LogP contribution in [0.3, 0.4) is 0 Å². The minimum Gasteiger partial charge on any atom is -0.344 e. The molecule has 58 valence electrons. The van der Waals surface area contributed by atoms with Crippen LogP contribution < -0.4 is 16.1 Å². The van der Waals surface area contributed by atoms with Gasteiger partial charge in [-0.2, -0.15) is 0 Å². The standard InChI is InChI=1S/C5H3NO5/c1-2-3-9-6-10-4(7)5(8)11-6/h1H,3H2. The topological polar surface area (TPSA) is 74.6 Å². The van der Waals surface area contributed by atoms with Gasteiger partial charge < -0.3 is 4.84 Å². The van der Waals surface area contributed by atoms with Gasteiger partial charge in [-0.25, -0.2) is 9.59 Å². The van der Waals surface area contributed by atoms with Crippen LogP contribution in [0.25, 0.3) is 0 Å². The zero-order valence-electron chi connectivity index (χ0n) is 5.27. The Labute approximate surface area is 59.8 Å². The molecule has 0 aromatic carbocycles. The molecule has 1 rings (SSSR count). The quantitative estimate of drug-likeness (QED) is 0.384. The fourth-order valence-corrected chi connectivity index (χ4v) is 0.371. The largest absolute Gasteiger partial charge is 0.449 e. The van der Waals surface area contributed by atoms with Gasteiger partial charge in [-0.3, -0.25) is 9.05 Å². The SMILES string of the molecule is C#CCOn1oc(=O)c(=O)o1. The Morgan fingerprint density at radius 2 is 2.00 bits per heavy atom. The number of terminal acetylenes is 1. The molecule has 0 amide bonds. The van der Waals surface area contributed by atoms with Gasteiger partial charge >= 0.3 is 11.3 Å². The van der Waals surface area contributed by atoms with Crippen LogP contribution in [0.2, 0.25) is 0 Å². The van der Waals surface area contributed by atoms with Crippen molar-refractivity contribution in [1.82, 2.24) is 5.08 Å². The minimum absolute atomic E-state index is 0.152. The van der Waals surface area contributed by atoms with Crippen molar-refractivity contribution < 1.29 is 13.9 Å². The Bertz CT molecular complexity index is 347. The van der Waals surface area contributed by atoms with E-state index in [-0.39, 0.29) is 11.7 Å². The summed E-state index contributed by atoms with van der Waals surface area (Å²) in [5.74, 6) is 2.08. The van der Waals surface area contributed by atoms with Gasteiger partial charge in [0.2, 0.25) is 0 Å². The summed E-state index contributed by atoms with van der Waals surface area (Å²) in [6.07, 6.45) is 4.79. The van der Waals surface area contributed by atoms with Crippen LogP contribution in [0, 0.1) is 12.3 Å². The molecule has 0 saturated heterocycles. The first-order valence-electron chi connectivity index (χ1n) is 2.55. The summed E-state index contributed by atoms with van der Waals surface area (Å²) >= 11 is 0. The van der Waals surface area contributed by atoms with E-state index >= 15 is 0 Å². The highest BCUT2D eigenvalue weighted by Gasteiger charge is 2.03. The smallest absolute Gasteiger partial charge is 0.344 e. The maximum Gasteiger partial charge on any atom is 0.449 e. The molecular formula is C5H3NO5. The molecule has 0 bridgehead atoms. The molecule has 0 fully saturated rings. The molecule has 0 aliphatic carbocycles. The maximum atomic E-state index is 10.3. The summed E-state index contributed by atoms with van der Waals surface area (Å²) in [5, 5.41) is 0.268. The van der Waals surface area contributed by atoms with Crippen LogP contribution >= 0.6 is 0 Å². The van der Waals surface area contributed by atoms with Gasteiger partial charge in [0.25, 0.3) is 0 Å². The molecule has 0 aliphatic rings. The number of aromatic nitrogens is 1. The lowest BCUT2D eigenvalue weighted by Crippen LogP contribution is -2.14. The fourth-order valence-electron chi connectivity index (χ4n) is 0.371. The number of rotatable bonds is 2. The lowest BCUT2D eigenvalue weighted by atomic mass is 10.8. The van der Waals surface area contributed by atoms with Gasteiger partial charge in [0.05, 0.1) is 0 Å². The predicted molar refractivity (Wildman–Crippen MR) is 31.8 cm³/mol. The van der Waals surface area contributed by atoms with Gasteiger partial charge in [0.15, 0.2) is 6.61 Å². The Kier molecular flexibility index (Phi) is 1.83. The molecule has 0 N–H and O–H groups in total. The zero-order chi connectivity index (χ0) is 8.27. The number of hydrogen-bond acceptors (Lipinski definition) is 5. The average Bonchev–Trinajstić information content (AvgIpc) is 2.28. The lowest BCUT2D eigenvalue weighted by Gasteiger charge is -1.91. The summed E-state index contributed by atoms with van der Waals surface area (Å²) in [6, 6.07) is 0. The first-order valence-corrected chi connectivity index (χ1v) is 2.55. The normalized spacial score (nSPS) is 9.00. The molecule has 0 aliphatic heterocycles. The molecule has 1 aromatic rings. The molecule has 0 radical (unpaired) electrons. The van der Waals surface area contributed by atoms with Crippen LogP contribution in [-0.4, -0.2) is 11.7 Å². The van der Waals surface area contributed by atoms with Gasteiger partial charge in [-0.1, -0.05) is 5.92 Å². The molecule has 1 aromatic heterocycles. The third kappa shape index (κ3) is 1.52. The predicted octanol–water partition coefficient (Wildman–Crippen LogP) is -1.54. The molecule has 0 atom stereocenters. The second-order valence-corrected chi connectivity index (χ2v) is 1.46. The molecule has 6 nitrogen and oxygen atoms in total. The summed E-state index contributed by atoms with van der Waals surface area (Å²) in [5.41, 5.74) is -2.27. The van der Waals surface area contributed by atoms with Gasteiger partial charge in [0.1, 0.15) is 5.08 Å². The lowest BCUT2D eigenvalue weighted by molar-refractivity contribution is -0.135. The summed E-state index contributed by atoms with van der Waals surface area (Å²) in [6.45, 7) is -0.152. The zero-order valence-corrected chi connectivity index (χ0v) is 5.27. The van der Waals surface area contributed by atoms with Gasteiger partial charge in [-0.05, 0) is 0 Å². The Hall–Kier alpha value is -1.90. The second kappa shape index (κ2) is 2.79. The molecule has 11 heavy (non-hydrogen) atoms. The summed E-state index contributed by atoms with van der Waals surface area (Å²) in [7, 11) is 0. The van der Waals surface area contributed by atoms with Crippen molar-refractivity contribution >= 4 is 0 Å². The fraction of sp³-hybridized carbons (Fsp3) is 0.200. The minimum atomic E-state index is -1.14. The van der Waals surface area contributed by atoms with Crippen LogP contribution in [0.15, 0.2) is 18.6 Å². The maximum absolute atomic E-state index is 10.3. The Morgan fingerprint density at radius 1 is 1.45 bits per heavy atom. The Balaban J connectivity index is 2.83. The highest BCUT2D eigenvalue weighted by Crippen LogP contribution is 1.70. The number of hydrogen-bond donors (Lipinski definition) is 0. The van der Waals surface area contributed by atoms with Crippen LogP contribution in [0.4, 0.5) is 0 Å². The molecular weight excluding hydrogens is 154 g/mol. The van der Waals surface area contributed by atoms with Gasteiger partial charge in [-0.15, -0.1) is 6.42 Å². The summed E-state index contributed by atoms with van der Waals surface area (Å²) in [4.78, 5) is 25.0. The van der Waals surface area contributed by atoms with Crippen LogP contribution in [0.5, 0.6) is 0 Å². The average molecular weight is 157 g/mol. The van der Waals surface area contributed by atoms with E-state index in [1.165, 1.54) is 0 Å². The van der Waals surface area contributed by atoms with E-state index < -0.39 is 11.3 Å². The van der Waals surface area contributed by atoms with Crippen molar-refractivity contribution in [2.45, 2.75) is 0 Å². The van der Waals surface area contributed by atoms with E-state index in [1.807, 2.05) is 0 Å². The third-order valence-corrected chi connectivity index (χ3v) is 0.735.